The van der Waals surface area contributed by atoms with E-state index in [9.17, 15) is 14.7 Å². The molecular weight excluding hydrogens is 443 g/mol. The molecule has 10 heteroatoms. The van der Waals surface area contributed by atoms with Gasteiger partial charge in [-0.15, -0.1) is 0 Å². The number of methoxy groups -OCH3 is 1. The summed E-state index contributed by atoms with van der Waals surface area (Å²) >= 11 is 18.1. The number of nitrogens with zero attached hydrogens (tertiary/aromatic N) is 1. The van der Waals surface area contributed by atoms with Gasteiger partial charge < -0.3 is 20.0 Å². The van der Waals surface area contributed by atoms with Crippen LogP contribution in [0.25, 0.3) is 0 Å². The number of aliphatic carboxylic acids is 1. The van der Waals surface area contributed by atoms with Crippen molar-refractivity contribution in [1.82, 2.24) is 0 Å². The second-order valence-electron chi connectivity index (χ2n) is 6.29. The van der Waals surface area contributed by atoms with Crippen LogP contribution >= 0.6 is 34.8 Å². The first kappa shape index (κ1) is 21.2. The van der Waals surface area contributed by atoms with Crippen LogP contribution in [0, 0.1) is 0 Å². The molecule has 1 aliphatic rings. The molecule has 0 unspecified atom stereocenters. The summed E-state index contributed by atoms with van der Waals surface area (Å²) in [5.41, 5.74) is -0.661. The largest absolute Gasteiger partial charge is 0.495 e. The van der Waals surface area contributed by atoms with Crippen LogP contribution < -0.4 is 10.1 Å². The van der Waals surface area contributed by atoms with Crippen molar-refractivity contribution in [2.45, 2.75) is 18.4 Å². The van der Waals surface area contributed by atoms with Gasteiger partial charge in [-0.25, -0.2) is 0 Å². The average Bonchev–Trinajstić information content (AvgIpc) is 3.06. The maximum absolute atomic E-state index is 13.0. The lowest BCUT2D eigenvalue weighted by atomic mass is 9.90. The first-order valence-corrected chi connectivity index (χ1v) is 9.45. The molecule has 0 aliphatic carbocycles. The van der Waals surface area contributed by atoms with E-state index in [0.29, 0.717) is 32.1 Å². The lowest BCUT2D eigenvalue weighted by Crippen LogP contribution is -2.45. The van der Waals surface area contributed by atoms with Gasteiger partial charge >= 0.3 is 5.97 Å². The zero-order chi connectivity index (χ0) is 21.2. The average molecular weight is 458 g/mol. The number of hydrogen-bond acceptors (Lipinski definition) is 5. The summed E-state index contributed by atoms with van der Waals surface area (Å²) in [5.74, 6) is -1.57. The predicted molar refractivity (Wildman–Crippen MR) is 110 cm³/mol. The number of carboxylic acid groups (broad SMARTS) is 1. The quantitative estimate of drug-likeness (QED) is 0.659. The molecule has 2 aromatic rings. The summed E-state index contributed by atoms with van der Waals surface area (Å²) < 4.78 is 5.21. The monoisotopic (exact) mass is 456 g/mol. The fraction of sp³-hybridized carbons (Fsp3) is 0.211. The molecule has 1 amide bonds. The molecule has 0 saturated carbocycles. The number of anilines is 1. The van der Waals surface area contributed by atoms with Crippen LogP contribution in [0.5, 0.6) is 5.75 Å². The number of carbonyl (C=O) groups excluding carboxylic acids is 1. The third-order valence-electron chi connectivity index (χ3n) is 4.29. The number of rotatable bonds is 6. The number of oxime groups is 1. The van der Waals surface area contributed by atoms with Crippen LogP contribution in [0.1, 0.15) is 18.4 Å². The first-order chi connectivity index (χ1) is 13.7. The number of carboxylic acids is 1. The van der Waals surface area contributed by atoms with Crippen LogP contribution in [-0.4, -0.2) is 35.4 Å². The third-order valence-corrected chi connectivity index (χ3v) is 5.07. The number of ether oxygens (including phenoxy) is 1. The van der Waals surface area contributed by atoms with Crippen molar-refractivity contribution in [3.8, 4) is 5.75 Å². The Morgan fingerprint density at radius 3 is 2.55 bits per heavy atom. The summed E-state index contributed by atoms with van der Waals surface area (Å²) in [7, 11) is 1.43. The predicted octanol–water partition coefficient (Wildman–Crippen LogP) is 4.63. The number of halogens is 3. The highest BCUT2D eigenvalue weighted by Gasteiger charge is 2.49. The van der Waals surface area contributed by atoms with Crippen LogP contribution in [0.2, 0.25) is 15.1 Å². The molecule has 1 heterocycles. The highest BCUT2D eigenvalue weighted by Crippen LogP contribution is 2.36. The van der Waals surface area contributed by atoms with E-state index in [-0.39, 0.29) is 12.1 Å². The Morgan fingerprint density at radius 1 is 1.21 bits per heavy atom. The summed E-state index contributed by atoms with van der Waals surface area (Å²) in [6.07, 6.45) is -0.713. The zero-order valence-corrected chi connectivity index (χ0v) is 17.3. The fourth-order valence-electron chi connectivity index (χ4n) is 2.90. The molecule has 2 aromatic carbocycles. The maximum atomic E-state index is 13.0. The summed E-state index contributed by atoms with van der Waals surface area (Å²) in [4.78, 5) is 29.9. The van der Waals surface area contributed by atoms with Gasteiger partial charge in [0.2, 0.25) is 5.60 Å². The summed E-state index contributed by atoms with van der Waals surface area (Å²) in [6.45, 7) is 0. The number of amides is 1. The molecule has 29 heavy (non-hydrogen) atoms. The van der Waals surface area contributed by atoms with E-state index in [2.05, 4.69) is 10.5 Å². The Morgan fingerprint density at radius 2 is 1.90 bits per heavy atom. The molecule has 7 nitrogen and oxygen atoms in total. The normalized spacial score (nSPS) is 18.0. The van der Waals surface area contributed by atoms with E-state index in [4.69, 9.17) is 44.4 Å². The van der Waals surface area contributed by atoms with Gasteiger partial charge in [-0.3, -0.25) is 9.59 Å². The van der Waals surface area contributed by atoms with Gasteiger partial charge in [0.25, 0.3) is 5.91 Å². The Balaban J connectivity index is 1.90. The van der Waals surface area contributed by atoms with Gasteiger partial charge in [-0.2, -0.15) is 0 Å². The van der Waals surface area contributed by atoms with E-state index in [1.54, 1.807) is 24.3 Å². The molecule has 1 atom stereocenters. The van der Waals surface area contributed by atoms with Crippen molar-refractivity contribution in [2.24, 2.45) is 5.16 Å². The van der Waals surface area contributed by atoms with E-state index in [1.165, 1.54) is 19.2 Å². The molecule has 2 N–H and O–H groups in total. The minimum Gasteiger partial charge on any atom is -0.495 e. The lowest BCUT2D eigenvalue weighted by molar-refractivity contribution is -0.152. The van der Waals surface area contributed by atoms with Gasteiger partial charge in [0.15, 0.2) is 0 Å². The van der Waals surface area contributed by atoms with E-state index in [0.717, 1.165) is 0 Å². The number of hydrogen-bond donors (Lipinski definition) is 2. The van der Waals surface area contributed by atoms with Crippen LogP contribution in [0.4, 0.5) is 5.69 Å². The van der Waals surface area contributed by atoms with Crippen molar-refractivity contribution >= 4 is 58.1 Å². The smallest absolute Gasteiger partial charge is 0.308 e. The molecular formula is C19H15Cl3N2O5. The Labute approximate surface area is 181 Å². The van der Waals surface area contributed by atoms with Crippen molar-refractivity contribution < 1.29 is 24.3 Å². The van der Waals surface area contributed by atoms with Gasteiger partial charge in [-0.1, -0.05) is 46.0 Å². The van der Waals surface area contributed by atoms with Crippen LogP contribution in [-0.2, 0) is 14.4 Å². The summed E-state index contributed by atoms with van der Waals surface area (Å²) in [5, 5.41) is 17.0. The molecule has 0 bridgehead atoms. The second kappa shape index (κ2) is 8.49. The highest BCUT2D eigenvalue weighted by molar-refractivity contribution is 6.37. The Hall–Kier alpha value is -2.48. The number of benzene rings is 2. The molecule has 0 fully saturated rings. The maximum Gasteiger partial charge on any atom is 0.308 e. The molecule has 152 valence electrons. The SMILES string of the molecule is COc1ccc(Cl)cc1NC(=O)[C@]1(CC(=O)O)CC(c2ccc(Cl)cc2Cl)=NO1. The van der Waals surface area contributed by atoms with E-state index < -0.39 is 23.9 Å². The van der Waals surface area contributed by atoms with Gasteiger partial charge in [0, 0.05) is 22.0 Å². The topological polar surface area (TPSA) is 97.2 Å². The highest BCUT2D eigenvalue weighted by atomic mass is 35.5. The van der Waals surface area contributed by atoms with Crippen molar-refractivity contribution in [1.29, 1.82) is 0 Å². The van der Waals surface area contributed by atoms with Crippen molar-refractivity contribution in [3.05, 3.63) is 57.0 Å². The van der Waals surface area contributed by atoms with Gasteiger partial charge in [-0.05, 0) is 30.3 Å². The number of nitrogens with one attached hydrogen (secondary N) is 1. The van der Waals surface area contributed by atoms with E-state index >= 15 is 0 Å². The molecule has 3 rings (SSSR count). The number of carbonyl (C=O) groups is 2. The minimum absolute atomic E-state index is 0.102. The third kappa shape index (κ3) is 4.58. The zero-order valence-electron chi connectivity index (χ0n) is 15.0. The molecule has 0 radical (unpaired) electrons. The first-order valence-electron chi connectivity index (χ1n) is 8.31. The lowest BCUT2D eigenvalue weighted by Gasteiger charge is -2.24. The molecule has 0 aromatic heterocycles. The fourth-order valence-corrected chi connectivity index (χ4v) is 3.59. The molecule has 1 aliphatic heterocycles. The Bertz CT molecular complexity index is 1010. The minimum atomic E-state index is -1.77. The van der Waals surface area contributed by atoms with Crippen molar-refractivity contribution in [2.75, 3.05) is 12.4 Å². The van der Waals surface area contributed by atoms with Crippen molar-refractivity contribution in [3.63, 3.8) is 0 Å². The van der Waals surface area contributed by atoms with Gasteiger partial charge in [0.1, 0.15) is 5.75 Å². The second-order valence-corrected chi connectivity index (χ2v) is 7.57. The van der Waals surface area contributed by atoms with Gasteiger partial charge in [0.05, 0.1) is 30.0 Å². The van der Waals surface area contributed by atoms with E-state index in [1.807, 2.05) is 0 Å². The standard InChI is InChI=1S/C19H15Cl3N2O5/c1-28-16-5-3-11(21)7-14(16)23-18(27)19(9-17(25)26)8-15(24-29-19)12-4-2-10(20)6-13(12)22/h2-7H,8-9H2,1H3,(H,23,27)(H,25,26)/t19-/m1/s1. The van der Waals surface area contributed by atoms with Crippen LogP contribution in [0.3, 0.4) is 0 Å². The summed E-state index contributed by atoms with van der Waals surface area (Å²) in [6, 6.07) is 9.42. The Kier molecular flexibility index (Phi) is 6.21. The molecule has 0 saturated heterocycles. The van der Waals surface area contributed by atoms with Crippen LogP contribution in [0.15, 0.2) is 41.6 Å². The molecule has 0 spiro atoms.